The zero-order valence-electron chi connectivity index (χ0n) is 12.1. The maximum Gasteiger partial charge on any atom is 0.243 e. The van der Waals surface area contributed by atoms with Crippen molar-refractivity contribution in [3.8, 4) is 0 Å². The molecule has 0 bridgehead atoms. The van der Waals surface area contributed by atoms with Gasteiger partial charge in [-0.05, 0) is 50.5 Å². The number of fused-ring (bicyclic) bond motifs is 1. The third kappa shape index (κ3) is 2.88. The molecular formula is C15H21N5. The lowest BCUT2D eigenvalue weighted by Crippen LogP contribution is -2.40. The lowest BCUT2D eigenvalue weighted by Gasteiger charge is -2.37. The number of para-hydroxylation sites is 1. The average Bonchev–Trinajstić information content (AvgIpc) is 2.48. The van der Waals surface area contributed by atoms with Crippen LogP contribution in [0.15, 0.2) is 24.3 Å². The minimum Gasteiger partial charge on any atom is -0.352 e. The number of benzene rings is 1. The molecule has 1 aliphatic heterocycles. The minimum absolute atomic E-state index is 0.321. The van der Waals surface area contributed by atoms with Crippen LogP contribution in [0.5, 0.6) is 0 Å². The van der Waals surface area contributed by atoms with Crippen molar-refractivity contribution in [2.75, 3.05) is 32.0 Å². The molecule has 0 unspecified atom stereocenters. The van der Waals surface area contributed by atoms with Crippen LogP contribution in [0.25, 0.3) is 11.0 Å². The third-order valence-corrected chi connectivity index (χ3v) is 4.23. The van der Waals surface area contributed by atoms with Gasteiger partial charge in [-0.1, -0.05) is 19.1 Å². The van der Waals surface area contributed by atoms with Crippen LogP contribution in [-0.2, 0) is 0 Å². The maximum absolute atomic E-state index is 4.51. The normalized spacial score (nSPS) is 19.1. The monoisotopic (exact) mass is 271 g/mol. The van der Waals surface area contributed by atoms with Crippen LogP contribution in [0.1, 0.15) is 19.8 Å². The number of rotatable bonds is 3. The van der Waals surface area contributed by atoms with Crippen LogP contribution < -0.4 is 5.32 Å². The third-order valence-electron chi connectivity index (χ3n) is 4.23. The Hall–Kier alpha value is -1.75. The van der Waals surface area contributed by atoms with Gasteiger partial charge in [0.1, 0.15) is 5.52 Å². The Morgan fingerprint density at radius 1 is 1.15 bits per heavy atom. The Kier molecular flexibility index (Phi) is 3.53. The van der Waals surface area contributed by atoms with Crippen molar-refractivity contribution in [1.29, 1.82) is 0 Å². The fraction of sp³-hybridized carbons (Fsp3) is 0.533. The molecule has 5 nitrogen and oxygen atoms in total. The first-order chi connectivity index (χ1) is 9.65. The van der Waals surface area contributed by atoms with Crippen molar-refractivity contribution in [1.82, 2.24) is 20.1 Å². The van der Waals surface area contributed by atoms with Crippen LogP contribution in [0.4, 0.5) is 5.95 Å². The lowest BCUT2D eigenvalue weighted by atomic mass is 9.80. The zero-order chi connectivity index (χ0) is 14.0. The van der Waals surface area contributed by atoms with Crippen LogP contribution in [0.3, 0.4) is 0 Å². The van der Waals surface area contributed by atoms with E-state index in [1.807, 2.05) is 24.3 Å². The Morgan fingerprint density at radius 3 is 2.60 bits per heavy atom. The summed E-state index contributed by atoms with van der Waals surface area (Å²) in [5, 5.41) is 11.7. The van der Waals surface area contributed by atoms with Crippen LogP contribution >= 0.6 is 0 Å². The molecule has 0 saturated carbocycles. The molecule has 0 radical (unpaired) electrons. The Balaban J connectivity index is 1.67. The predicted octanol–water partition coefficient (Wildman–Crippen LogP) is 2.17. The molecule has 2 aromatic rings. The van der Waals surface area contributed by atoms with E-state index in [-0.39, 0.29) is 0 Å². The number of hydrogen-bond acceptors (Lipinski definition) is 5. The van der Waals surface area contributed by atoms with Crippen molar-refractivity contribution in [2.45, 2.75) is 19.8 Å². The first kappa shape index (κ1) is 13.2. The molecule has 0 aliphatic carbocycles. The van der Waals surface area contributed by atoms with Gasteiger partial charge in [-0.25, -0.2) is 4.98 Å². The predicted molar refractivity (Wildman–Crippen MR) is 80.7 cm³/mol. The highest BCUT2D eigenvalue weighted by Gasteiger charge is 2.28. The second-order valence-corrected chi connectivity index (χ2v) is 6.09. The van der Waals surface area contributed by atoms with Crippen LogP contribution in [0, 0.1) is 5.41 Å². The number of nitrogens with zero attached hydrogens (tertiary/aromatic N) is 4. The quantitative estimate of drug-likeness (QED) is 0.927. The summed E-state index contributed by atoms with van der Waals surface area (Å²) in [7, 11) is 2.18. The van der Waals surface area contributed by atoms with Crippen molar-refractivity contribution >= 4 is 17.0 Å². The molecule has 106 valence electrons. The Labute approximate surface area is 119 Å². The molecule has 1 fully saturated rings. The summed E-state index contributed by atoms with van der Waals surface area (Å²) < 4.78 is 0. The van der Waals surface area contributed by atoms with Gasteiger partial charge in [-0.2, -0.15) is 0 Å². The number of hydrogen-bond donors (Lipinski definition) is 1. The second-order valence-electron chi connectivity index (χ2n) is 6.09. The summed E-state index contributed by atoms with van der Waals surface area (Å²) in [6.07, 6.45) is 2.41. The Bertz CT molecular complexity index is 590. The minimum atomic E-state index is 0.321. The fourth-order valence-electron chi connectivity index (χ4n) is 2.58. The molecule has 3 rings (SSSR count). The highest BCUT2D eigenvalue weighted by atomic mass is 15.2. The topological polar surface area (TPSA) is 53.9 Å². The van der Waals surface area contributed by atoms with Gasteiger partial charge in [0.15, 0.2) is 0 Å². The van der Waals surface area contributed by atoms with E-state index < -0.39 is 0 Å². The molecule has 2 heterocycles. The molecule has 1 aliphatic rings. The summed E-state index contributed by atoms with van der Waals surface area (Å²) >= 11 is 0. The van der Waals surface area contributed by atoms with E-state index in [9.17, 15) is 0 Å². The van der Waals surface area contributed by atoms with E-state index in [1.54, 1.807) is 0 Å². The van der Waals surface area contributed by atoms with Gasteiger partial charge in [0.2, 0.25) is 5.95 Å². The summed E-state index contributed by atoms with van der Waals surface area (Å²) in [5.41, 5.74) is 2.05. The van der Waals surface area contributed by atoms with E-state index in [0.29, 0.717) is 11.4 Å². The standard InChI is InChI=1S/C15H21N5/c1-15(7-9-20(2)10-8-15)11-16-14-17-12-5-3-4-6-13(12)18-19-14/h3-6H,7-11H2,1-2H3,(H,16,17,19). The molecule has 1 N–H and O–H groups in total. The lowest BCUT2D eigenvalue weighted by molar-refractivity contribution is 0.150. The zero-order valence-corrected chi connectivity index (χ0v) is 12.1. The van der Waals surface area contributed by atoms with Gasteiger partial charge in [-0.3, -0.25) is 0 Å². The smallest absolute Gasteiger partial charge is 0.243 e. The van der Waals surface area contributed by atoms with Gasteiger partial charge < -0.3 is 10.2 Å². The molecular weight excluding hydrogens is 250 g/mol. The van der Waals surface area contributed by atoms with Crippen molar-refractivity contribution in [3.63, 3.8) is 0 Å². The summed E-state index contributed by atoms with van der Waals surface area (Å²) in [4.78, 5) is 6.90. The second kappa shape index (κ2) is 5.32. The molecule has 0 atom stereocenters. The summed E-state index contributed by atoms with van der Waals surface area (Å²) in [6, 6.07) is 7.81. The highest BCUT2D eigenvalue weighted by molar-refractivity contribution is 5.73. The average molecular weight is 271 g/mol. The van der Waals surface area contributed by atoms with E-state index >= 15 is 0 Å². The van der Waals surface area contributed by atoms with Crippen molar-refractivity contribution in [2.24, 2.45) is 5.41 Å². The molecule has 1 aromatic heterocycles. The molecule has 1 saturated heterocycles. The number of nitrogens with one attached hydrogen (secondary N) is 1. The SMILES string of the molecule is CN1CCC(C)(CNc2nnc3ccccc3n2)CC1. The summed E-state index contributed by atoms with van der Waals surface area (Å²) in [6.45, 7) is 5.56. The van der Waals surface area contributed by atoms with Crippen molar-refractivity contribution < 1.29 is 0 Å². The first-order valence-corrected chi connectivity index (χ1v) is 7.17. The number of aromatic nitrogens is 3. The van der Waals surface area contributed by atoms with E-state index in [1.165, 1.54) is 12.8 Å². The number of likely N-dealkylation sites (tertiary alicyclic amines) is 1. The van der Waals surface area contributed by atoms with Crippen LogP contribution in [-0.4, -0.2) is 46.8 Å². The van der Waals surface area contributed by atoms with Gasteiger partial charge >= 0.3 is 0 Å². The fourth-order valence-corrected chi connectivity index (χ4v) is 2.58. The highest BCUT2D eigenvalue weighted by Crippen LogP contribution is 2.30. The number of piperidine rings is 1. The largest absolute Gasteiger partial charge is 0.352 e. The van der Waals surface area contributed by atoms with Gasteiger partial charge in [0.25, 0.3) is 0 Å². The molecule has 0 spiro atoms. The van der Waals surface area contributed by atoms with Crippen LogP contribution in [0.2, 0.25) is 0 Å². The summed E-state index contributed by atoms with van der Waals surface area (Å²) in [5.74, 6) is 0.629. The Morgan fingerprint density at radius 2 is 1.85 bits per heavy atom. The van der Waals surface area contributed by atoms with Gasteiger partial charge in [0, 0.05) is 6.54 Å². The molecule has 0 amide bonds. The van der Waals surface area contributed by atoms with Gasteiger partial charge in [0.05, 0.1) is 5.52 Å². The maximum atomic E-state index is 4.51. The van der Waals surface area contributed by atoms with Gasteiger partial charge in [-0.15, -0.1) is 10.2 Å². The molecule has 1 aromatic carbocycles. The first-order valence-electron chi connectivity index (χ1n) is 7.17. The van der Waals surface area contributed by atoms with E-state index in [2.05, 4.69) is 39.4 Å². The van der Waals surface area contributed by atoms with Crippen molar-refractivity contribution in [3.05, 3.63) is 24.3 Å². The molecule has 20 heavy (non-hydrogen) atoms. The van der Waals surface area contributed by atoms with E-state index in [0.717, 1.165) is 30.7 Å². The number of anilines is 1. The van der Waals surface area contributed by atoms with E-state index in [4.69, 9.17) is 0 Å². The molecule has 5 heteroatoms.